The van der Waals surface area contributed by atoms with E-state index < -0.39 is 29.2 Å². The summed E-state index contributed by atoms with van der Waals surface area (Å²) in [4.78, 5) is 10.7. The molecular formula is C13H7F3O3. The molecule has 0 saturated heterocycles. The smallest absolute Gasteiger partial charge is 0.335 e. The van der Waals surface area contributed by atoms with E-state index in [2.05, 4.69) is 0 Å². The number of carbonyl (C=O) groups is 1. The second-order valence-corrected chi connectivity index (χ2v) is 3.76. The van der Waals surface area contributed by atoms with Crippen LogP contribution in [0.15, 0.2) is 30.3 Å². The van der Waals surface area contributed by atoms with Crippen LogP contribution in [0, 0.1) is 17.5 Å². The van der Waals surface area contributed by atoms with Crippen molar-refractivity contribution in [2.75, 3.05) is 0 Å². The Kier molecular flexibility index (Phi) is 3.16. The molecule has 2 aromatic rings. The van der Waals surface area contributed by atoms with Crippen molar-refractivity contribution in [1.82, 2.24) is 0 Å². The molecule has 0 heterocycles. The molecule has 0 aliphatic rings. The summed E-state index contributed by atoms with van der Waals surface area (Å²) < 4.78 is 39.4. The first-order valence-electron chi connectivity index (χ1n) is 5.12. The maximum Gasteiger partial charge on any atom is 0.335 e. The van der Waals surface area contributed by atoms with Gasteiger partial charge in [0, 0.05) is 11.1 Å². The number of rotatable bonds is 2. The minimum absolute atomic E-state index is 0.124. The van der Waals surface area contributed by atoms with Crippen molar-refractivity contribution in [3.63, 3.8) is 0 Å². The molecule has 3 nitrogen and oxygen atoms in total. The van der Waals surface area contributed by atoms with Gasteiger partial charge >= 0.3 is 5.97 Å². The SMILES string of the molecule is O=C(O)c1ccc(-c2ccc(F)c(F)c2F)c(O)c1. The first-order valence-corrected chi connectivity index (χ1v) is 5.12. The molecule has 2 aromatic carbocycles. The van der Waals surface area contributed by atoms with Gasteiger partial charge in [-0.2, -0.15) is 0 Å². The highest BCUT2D eigenvalue weighted by Crippen LogP contribution is 2.33. The Morgan fingerprint density at radius 2 is 1.58 bits per heavy atom. The maximum absolute atomic E-state index is 13.5. The van der Waals surface area contributed by atoms with Crippen molar-refractivity contribution in [3.05, 3.63) is 53.3 Å². The summed E-state index contributed by atoms with van der Waals surface area (Å²) in [6.45, 7) is 0. The fraction of sp³-hybridized carbons (Fsp3) is 0. The van der Waals surface area contributed by atoms with E-state index in [0.717, 1.165) is 30.3 Å². The van der Waals surface area contributed by atoms with Gasteiger partial charge in [-0.25, -0.2) is 18.0 Å². The van der Waals surface area contributed by atoms with Gasteiger partial charge in [0.2, 0.25) is 0 Å². The van der Waals surface area contributed by atoms with Crippen LogP contribution in [0.2, 0.25) is 0 Å². The topological polar surface area (TPSA) is 57.5 Å². The minimum Gasteiger partial charge on any atom is -0.507 e. The van der Waals surface area contributed by atoms with Crippen molar-refractivity contribution >= 4 is 5.97 Å². The molecule has 0 fully saturated rings. The van der Waals surface area contributed by atoms with E-state index in [0.29, 0.717) is 0 Å². The van der Waals surface area contributed by atoms with Crippen LogP contribution in [0.3, 0.4) is 0 Å². The van der Waals surface area contributed by atoms with Crippen molar-refractivity contribution in [2.24, 2.45) is 0 Å². The van der Waals surface area contributed by atoms with Crippen LogP contribution in [-0.4, -0.2) is 16.2 Å². The van der Waals surface area contributed by atoms with Gasteiger partial charge in [-0.1, -0.05) is 0 Å². The lowest BCUT2D eigenvalue weighted by Crippen LogP contribution is -1.97. The number of carboxylic acid groups (broad SMARTS) is 1. The van der Waals surface area contributed by atoms with Crippen LogP contribution in [0.4, 0.5) is 13.2 Å². The van der Waals surface area contributed by atoms with Crippen molar-refractivity contribution in [1.29, 1.82) is 0 Å². The molecule has 0 aromatic heterocycles. The van der Waals surface area contributed by atoms with Gasteiger partial charge in [0.25, 0.3) is 0 Å². The quantitative estimate of drug-likeness (QED) is 0.822. The summed E-state index contributed by atoms with van der Waals surface area (Å²) in [6, 6.07) is 4.83. The number of hydrogen-bond donors (Lipinski definition) is 2. The van der Waals surface area contributed by atoms with Crippen molar-refractivity contribution in [2.45, 2.75) is 0 Å². The monoisotopic (exact) mass is 268 g/mol. The van der Waals surface area contributed by atoms with Gasteiger partial charge < -0.3 is 10.2 Å². The number of aromatic hydroxyl groups is 1. The van der Waals surface area contributed by atoms with Gasteiger partial charge in [0.05, 0.1) is 5.56 Å². The summed E-state index contributed by atoms with van der Waals surface area (Å²) in [5, 5.41) is 18.3. The third-order valence-electron chi connectivity index (χ3n) is 2.57. The van der Waals surface area contributed by atoms with Gasteiger partial charge in [0.1, 0.15) is 5.75 Å². The Balaban J connectivity index is 2.60. The zero-order valence-corrected chi connectivity index (χ0v) is 9.32. The molecule has 0 radical (unpaired) electrons. The molecule has 0 aliphatic carbocycles. The number of aromatic carboxylic acids is 1. The number of phenolic OH excluding ortho intramolecular Hbond substituents is 1. The van der Waals surface area contributed by atoms with Gasteiger partial charge in [-0.3, -0.25) is 0 Å². The summed E-state index contributed by atoms with van der Waals surface area (Å²) in [5.41, 5.74) is -0.681. The van der Waals surface area contributed by atoms with Crippen LogP contribution in [0.5, 0.6) is 5.75 Å². The van der Waals surface area contributed by atoms with Crippen molar-refractivity contribution < 1.29 is 28.2 Å². The van der Waals surface area contributed by atoms with Gasteiger partial charge in [-0.05, 0) is 30.3 Å². The van der Waals surface area contributed by atoms with Crippen molar-refractivity contribution in [3.8, 4) is 16.9 Å². The third kappa shape index (κ3) is 2.24. The molecule has 98 valence electrons. The predicted molar refractivity (Wildman–Crippen MR) is 60.4 cm³/mol. The third-order valence-corrected chi connectivity index (χ3v) is 2.57. The lowest BCUT2D eigenvalue weighted by atomic mass is 10.0. The Morgan fingerprint density at radius 1 is 0.947 bits per heavy atom. The molecule has 0 aliphatic heterocycles. The average molecular weight is 268 g/mol. The van der Waals surface area contributed by atoms with E-state index in [-0.39, 0.29) is 16.7 Å². The van der Waals surface area contributed by atoms with E-state index >= 15 is 0 Å². The van der Waals surface area contributed by atoms with Gasteiger partial charge in [-0.15, -0.1) is 0 Å². The van der Waals surface area contributed by atoms with E-state index in [1.807, 2.05) is 0 Å². The fourth-order valence-electron chi connectivity index (χ4n) is 1.63. The lowest BCUT2D eigenvalue weighted by Gasteiger charge is -2.08. The fourth-order valence-corrected chi connectivity index (χ4v) is 1.63. The molecule has 0 saturated carbocycles. The molecule has 0 unspecified atom stereocenters. The van der Waals surface area contributed by atoms with E-state index in [9.17, 15) is 23.1 Å². The molecule has 0 amide bonds. The van der Waals surface area contributed by atoms with E-state index in [1.165, 1.54) is 0 Å². The zero-order chi connectivity index (χ0) is 14.2. The van der Waals surface area contributed by atoms with Crippen LogP contribution in [-0.2, 0) is 0 Å². The first-order chi connectivity index (χ1) is 8.91. The minimum atomic E-state index is -1.65. The number of halogens is 3. The summed E-state index contributed by atoms with van der Waals surface area (Å²) in [6.07, 6.45) is 0. The van der Waals surface area contributed by atoms with E-state index in [4.69, 9.17) is 5.11 Å². The number of benzene rings is 2. The Hall–Kier alpha value is -2.50. The largest absolute Gasteiger partial charge is 0.507 e. The zero-order valence-electron chi connectivity index (χ0n) is 9.32. The first kappa shape index (κ1) is 12.9. The summed E-state index contributed by atoms with van der Waals surface area (Å²) >= 11 is 0. The van der Waals surface area contributed by atoms with Crippen LogP contribution in [0.25, 0.3) is 11.1 Å². The molecule has 0 bridgehead atoms. The number of carboxylic acids is 1. The molecule has 0 atom stereocenters. The van der Waals surface area contributed by atoms with Crippen LogP contribution in [0.1, 0.15) is 10.4 Å². The molecule has 2 rings (SSSR count). The average Bonchev–Trinajstić information content (AvgIpc) is 2.37. The van der Waals surface area contributed by atoms with E-state index in [1.54, 1.807) is 0 Å². The Bertz CT molecular complexity index is 668. The second kappa shape index (κ2) is 4.64. The molecule has 6 heteroatoms. The normalized spacial score (nSPS) is 10.5. The second-order valence-electron chi connectivity index (χ2n) is 3.76. The van der Waals surface area contributed by atoms with Gasteiger partial charge in [0.15, 0.2) is 17.5 Å². The molecule has 0 spiro atoms. The maximum atomic E-state index is 13.5. The molecule has 19 heavy (non-hydrogen) atoms. The Labute approximate surface area is 105 Å². The standard InChI is InChI=1S/C13H7F3O3/c14-9-4-3-8(11(15)12(9)16)7-2-1-6(13(18)19)5-10(7)17/h1-5,17H,(H,18,19). The molecular weight excluding hydrogens is 261 g/mol. The number of phenols is 1. The molecule has 2 N–H and O–H groups in total. The Morgan fingerprint density at radius 3 is 2.16 bits per heavy atom. The van der Waals surface area contributed by atoms with Crippen LogP contribution >= 0.6 is 0 Å². The van der Waals surface area contributed by atoms with Crippen LogP contribution < -0.4 is 0 Å². The number of hydrogen-bond acceptors (Lipinski definition) is 2. The lowest BCUT2D eigenvalue weighted by molar-refractivity contribution is 0.0696. The highest BCUT2D eigenvalue weighted by atomic mass is 19.2. The summed E-state index contributed by atoms with van der Waals surface area (Å²) in [5.74, 6) is -6.25. The highest BCUT2D eigenvalue weighted by Gasteiger charge is 2.17. The highest BCUT2D eigenvalue weighted by molar-refractivity contribution is 5.89. The predicted octanol–water partition coefficient (Wildman–Crippen LogP) is 3.17. The summed E-state index contributed by atoms with van der Waals surface area (Å²) in [7, 11) is 0.